The molecule has 0 bridgehead atoms. The van der Waals surface area contributed by atoms with Gasteiger partial charge in [-0.15, -0.1) is 24.0 Å². The van der Waals surface area contributed by atoms with E-state index in [4.69, 9.17) is 4.42 Å². The molecule has 0 amide bonds. The molecule has 2 aromatic heterocycles. The van der Waals surface area contributed by atoms with E-state index < -0.39 is 12.8 Å². The van der Waals surface area contributed by atoms with Crippen LogP contribution in [-0.4, -0.2) is 35.8 Å². The Morgan fingerprint density at radius 3 is 2.45 bits per heavy atom. The van der Waals surface area contributed by atoms with Crippen LogP contribution in [-0.2, 0) is 18.5 Å². The minimum Gasteiger partial charge on any atom is -0.468 e. The lowest BCUT2D eigenvalue weighted by atomic mass is 9.94. The summed E-state index contributed by atoms with van der Waals surface area (Å²) in [6.07, 6.45) is -1.32. The van der Waals surface area contributed by atoms with Gasteiger partial charge in [0.25, 0.3) is 0 Å². The van der Waals surface area contributed by atoms with E-state index in [2.05, 4.69) is 30.3 Å². The third-order valence-corrected chi connectivity index (χ3v) is 3.57. The number of hydrogen-bond acceptors (Lipinski definition) is 5. The highest BCUT2D eigenvalue weighted by molar-refractivity contribution is 14.0. The summed E-state index contributed by atoms with van der Waals surface area (Å²) >= 11 is 0. The average Bonchev–Trinajstić information content (AvgIpc) is 3.09. The van der Waals surface area contributed by atoms with Crippen molar-refractivity contribution in [2.24, 2.45) is 4.99 Å². The van der Waals surface area contributed by atoms with E-state index in [0.717, 1.165) is 5.76 Å². The molecular weight excluding hydrogens is 502 g/mol. The predicted octanol–water partition coefficient (Wildman–Crippen LogP) is 3.79. The zero-order valence-corrected chi connectivity index (χ0v) is 19.0. The Kier molecular flexibility index (Phi) is 9.17. The Morgan fingerprint density at radius 2 is 1.86 bits per heavy atom. The minimum atomic E-state index is -4.41. The van der Waals surface area contributed by atoms with Crippen molar-refractivity contribution in [3.63, 3.8) is 0 Å². The number of nitrogens with zero attached hydrogens (tertiary/aromatic N) is 3. The first-order valence-corrected chi connectivity index (χ1v) is 8.61. The lowest BCUT2D eigenvalue weighted by Crippen LogP contribution is -2.36. The summed E-state index contributed by atoms with van der Waals surface area (Å²) in [7, 11) is 1.61. The molecule has 7 nitrogen and oxygen atoms in total. The molecular formula is C18H25F3IN5O2. The van der Waals surface area contributed by atoms with E-state index in [1.165, 1.54) is 12.3 Å². The number of hydrogen-bond donors (Lipinski definition) is 2. The molecule has 0 spiro atoms. The highest BCUT2D eigenvalue weighted by atomic mass is 127. The second-order valence-electron chi connectivity index (χ2n) is 7.05. The van der Waals surface area contributed by atoms with Crippen LogP contribution in [0.3, 0.4) is 0 Å². The average molecular weight is 527 g/mol. The molecule has 2 heterocycles. The van der Waals surface area contributed by atoms with Crippen molar-refractivity contribution in [1.29, 1.82) is 0 Å². The molecule has 0 saturated carbocycles. The summed E-state index contributed by atoms with van der Waals surface area (Å²) < 4.78 is 47.0. The minimum absolute atomic E-state index is 0. The summed E-state index contributed by atoms with van der Waals surface area (Å²) in [6, 6.07) is 3.11. The lowest BCUT2D eigenvalue weighted by Gasteiger charge is -2.13. The number of alkyl halides is 3. The number of oxazole rings is 1. The van der Waals surface area contributed by atoms with Gasteiger partial charge in [0.15, 0.2) is 12.6 Å². The van der Waals surface area contributed by atoms with E-state index in [-0.39, 0.29) is 35.3 Å². The van der Waals surface area contributed by atoms with Crippen LogP contribution in [0.2, 0.25) is 0 Å². The molecule has 0 aliphatic heterocycles. The Balaban J connectivity index is 0.00000420. The smallest absolute Gasteiger partial charge is 0.422 e. The maximum Gasteiger partial charge on any atom is 0.422 e. The van der Waals surface area contributed by atoms with Gasteiger partial charge in [-0.25, -0.2) is 9.97 Å². The lowest BCUT2D eigenvalue weighted by molar-refractivity contribution is -0.154. The number of aromatic nitrogens is 2. The topological polar surface area (TPSA) is 84.6 Å². The van der Waals surface area contributed by atoms with E-state index >= 15 is 0 Å². The number of nitrogens with one attached hydrogen (secondary N) is 2. The molecule has 0 atom stereocenters. The summed E-state index contributed by atoms with van der Waals surface area (Å²) in [5.41, 5.74) is 0.569. The Bertz CT molecular complexity index is 803. The van der Waals surface area contributed by atoms with Gasteiger partial charge >= 0.3 is 6.18 Å². The van der Waals surface area contributed by atoms with Crippen LogP contribution in [0.15, 0.2) is 33.9 Å². The first kappa shape index (κ1) is 25.0. The van der Waals surface area contributed by atoms with Gasteiger partial charge in [0.05, 0.1) is 12.7 Å². The predicted molar refractivity (Wildman–Crippen MR) is 113 cm³/mol. The van der Waals surface area contributed by atoms with E-state index in [1.807, 2.05) is 20.8 Å². The molecule has 2 rings (SSSR count). The summed E-state index contributed by atoms with van der Waals surface area (Å²) in [6.45, 7) is 5.38. The summed E-state index contributed by atoms with van der Waals surface area (Å²) in [5, 5.41) is 6.12. The quantitative estimate of drug-likeness (QED) is 0.338. The number of ether oxygens (including phenoxy) is 1. The van der Waals surface area contributed by atoms with Crippen LogP contribution in [0.4, 0.5) is 13.2 Å². The molecule has 0 aliphatic carbocycles. The fourth-order valence-electron chi connectivity index (χ4n) is 2.10. The molecule has 0 fully saturated rings. The van der Waals surface area contributed by atoms with Crippen molar-refractivity contribution in [2.75, 3.05) is 13.7 Å². The third-order valence-electron chi connectivity index (χ3n) is 3.57. The largest absolute Gasteiger partial charge is 0.468 e. The summed E-state index contributed by atoms with van der Waals surface area (Å²) in [4.78, 5) is 12.1. The molecule has 0 radical (unpaired) electrons. The van der Waals surface area contributed by atoms with Crippen molar-refractivity contribution in [1.82, 2.24) is 20.6 Å². The van der Waals surface area contributed by atoms with Crippen LogP contribution in [0.25, 0.3) is 0 Å². The fourth-order valence-corrected chi connectivity index (χ4v) is 2.10. The monoisotopic (exact) mass is 527 g/mol. The second-order valence-corrected chi connectivity index (χ2v) is 7.05. The van der Waals surface area contributed by atoms with Crippen LogP contribution >= 0.6 is 24.0 Å². The van der Waals surface area contributed by atoms with Crippen molar-refractivity contribution in [3.8, 4) is 5.88 Å². The number of halogens is 4. The molecule has 11 heteroatoms. The number of guanidine groups is 1. The van der Waals surface area contributed by atoms with Crippen molar-refractivity contribution in [3.05, 3.63) is 41.7 Å². The normalized spacial score (nSPS) is 12.3. The first-order valence-electron chi connectivity index (χ1n) is 8.61. The Labute approximate surface area is 184 Å². The van der Waals surface area contributed by atoms with Crippen LogP contribution in [0.5, 0.6) is 5.88 Å². The SMILES string of the molecule is CN=C(NCc1ccnc(OCC(F)(F)F)c1)NCc1ncc(C(C)(C)C)o1.I. The zero-order valence-electron chi connectivity index (χ0n) is 16.6. The summed E-state index contributed by atoms with van der Waals surface area (Å²) in [5.74, 6) is 1.72. The highest BCUT2D eigenvalue weighted by Crippen LogP contribution is 2.22. The first-order chi connectivity index (χ1) is 13.1. The molecule has 0 aromatic carbocycles. The highest BCUT2D eigenvalue weighted by Gasteiger charge is 2.28. The standard InChI is InChI=1S/C18H24F3N5O2.HI/c1-17(2,3)13-9-24-15(28-13)10-26-16(22-4)25-8-12-5-6-23-14(7-12)27-11-18(19,20)21;/h5-7,9H,8,10-11H2,1-4H3,(H2,22,25,26);1H. The molecule has 2 aromatic rings. The molecule has 0 unspecified atom stereocenters. The molecule has 162 valence electrons. The van der Waals surface area contributed by atoms with E-state index in [9.17, 15) is 13.2 Å². The van der Waals surface area contributed by atoms with Crippen LogP contribution < -0.4 is 15.4 Å². The molecule has 0 aliphatic rings. The second kappa shape index (κ2) is 10.6. The maximum atomic E-state index is 12.2. The fraction of sp³-hybridized carbons (Fsp3) is 0.500. The van der Waals surface area contributed by atoms with Gasteiger partial charge in [-0.2, -0.15) is 13.2 Å². The van der Waals surface area contributed by atoms with Gasteiger partial charge in [-0.05, 0) is 11.6 Å². The number of aliphatic imine (C=N–C) groups is 1. The van der Waals surface area contributed by atoms with Gasteiger partial charge in [-0.1, -0.05) is 20.8 Å². The van der Waals surface area contributed by atoms with Crippen molar-refractivity contribution >= 4 is 29.9 Å². The third kappa shape index (κ3) is 8.88. The van der Waals surface area contributed by atoms with E-state index in [1.54, 1.807) is 19.3 Å². The molecule has 0 saturated heterocycles. The van der Waals surface area contributed by atoms with Crippen LogP contribution in [0.1, 0.15) is 38.0 Å². The maximum absolute atomic E-state index is 12.2. The van der Waals surface area contributed by atoms with Crippen molar-refractivity contribution in [2.45, 2.75) is 45.5 Å². The zero-order chi connectivity index (χ0) is 20.8. The van der Waals surface area contributed by atoms with Gasteiger partial charge in [0, 0.05) is 31.3 Å². The van der Waals surface area contributed by atoms with Gasteiger partial charge in [0.2, 0.25) is 11.8 Å². The van der Waals surface area contributed by atoms with Gasteiger partial charge < -0.3 is 19.8 Å². The number of rotatable bonds is 6. The molecule has 29 heavy (non-hydrogen) atoms. The van der Waals surface area contributed by atoms with Gasteiger partial charge in [-0.3, -0.25) is 4.99 Å². The Morgan fingerprint density at radius 1 is 1.17 bits per heavy atom. The van der Waals surface area contributed by atoms with Crippen LogP contribution in [0, 0.1) is 0 Å². The van der Waals surface area contributed by atoms with Gasteiger partial charge in [0.1, 0.15) is 5.76 Å². The molecule has 2 N–H and O–H groups in total. The number of pyridine rings is 1. The Hall–Kier alpha value is -2.05. The van der Waals surface area contributed by atoms with E-state index in [0.29, 0.717) is 30.5 Å². The van der Waals surface area contributed by atoms with Crippen molar-refractivity contribution < 1.29 is 22.3 Å².